The van der Waals surface area contributed by atoms with Gasteiger partial charge in [-0.25, -0.2) is 0 Å². The highest BCUT2D eigenvalue weighted by molar-refractivity contribution is 5.16. The Kier molecular flexibility index (Phi) is 4.14. The number of hydrogen-bond donors (Lipinski definition) is 1. The van der Waals surface area contributed by atoms with Gasteiger partial charge in [0.15, 0.2) is 0 Å². The summed E-state index contributed by atoms with van der Waals surface area (Å²) in [5, 5.41) is 0. The van der Waals surface area contributed by atoms with Crippen molar-refractivity contribution in [2.45, 2.75) is 65.3 Å². The van der Waals surface area contributed by atoms with E-state index in [1.807, 2.05) is 0 Å². The molecule has 1 aromatic rings. The predicted molar refractivity (Wildman–Crippen MR) is 73.9 cm³/mol. The third kappa shape index (κ3) is 3.05. The van der Waals surface area contributed by atoms with Crippen LogP contribution in [0.5, 0.6) is 0 Å². The van der Waals surface area contributed by atoms with E-state index in [9.17, 15) is 0 Å². The number of hydrogen-bond acceptors (Lipinski definition) is 1. The van der Waals surface area contributed by atoms with Gasteiger partial charge in [0.25, 0.3) is 0 Å². The van der Waals surface area contributed by atoms with Gasteiger partial charge in [0, 0.05) is 17.4 Å². The van der Waals surface area contributed by atoms with E-state index < -0.39 is 0 Å². The van der Waals surface area contributed by atoms with Gasteiger partial charge in [-0.2, -0.15) is 0 Å². The van der Waals surface area contributed by atoms with E-state index in [0.29, 0.717) is 6.04 Å². The summed E-state index contributed by atoms with van der Waals surface area (Å²) in [6.07, 6.45) is 8.26. The van der Waals surface area contributed by atoms with Crippen LogP contribution >= 0.6 is 0 Å². The summed E-state index contributed by atoms with van der Waals surface area (Å²) in [6.45, 7) is 6.64. The van der Waals surface area contributed by atoms with Crippen molar-refractivity contribution in [2.24, 2.45) is 5.92 Å². The molecule has 0 unspecified atom stereocenters. The molecule has 1 heterocycles. The van der Waals surface area contributed by atoms with Crippen molar-refractivity contribution in [3.05, 3.63) is 23.5 Å². The summed E-state index contributed by atoms with van der Waals surface area (Å²) in [5.41, 5.74) is 6.31. The van der Waals surface area contributed by atoms with Crippen LogP contribution in [0.25, 0.3) is 0 Å². The van der Waals surface area contributed by atoms with Gasteiger partial charge < -0.3 is 5.43 Å². The second-order valence-electron chi connectivity index (χ2n) is 5.59. The van der Waals surface area contributed by atoms with Crippen LogP contribution in [0.4, 0.5) is 0 Å². The minimum Gasteiger partial charge on any atom is -0.323 e. The van der Waals surface area contributed by atoms with Crippen LogP contribution in [0.3, 0.4) is 0 Å². The molecule has 1 N–H and O–H groups in total. The van der Waals surface area contributed by atoms with Crippen molar-refractivity contribution < 1.29 is 0 Å². The van der Waals surface area contributed by atoms with Gasteiger partial charge in [0.1, 0.15) is 0 Å². The molecule has 1 aliphatic carbocycles. The fourth-order valence-electron chi connectivity index (χ4n) is 3.04. The first-order valence-corrected chi connectivity index (χ1v) is 7.12. The monoisotopic (exact) mass is 234 g/mol. The first-order valence-electron chi connectivity index (χ1n) is 7.12. The van der Waals surface area contributed by atoms with Crippen LogP contribution in [-0.4, -0.2) is 10.7 Å². The molecule has 0 amide bonds. The lowest BCUT2D eigenvalue weighted by Crippen LogP contribution is -2.33. The molecule has 1 aromatic heterocycles. The fraction of sp³-hybridized carbons (Fsp3) is 0.733. The number of rotatable bonds is 4. The van der Waals surface area contributed by atoms with Crippen LogP contribution in [0.1, 0.15) is 56.8 Å². The predicted octanol–water partition coefficient (Wildman–Crippen LogP) is 4.01. The zero-order valence-electron chi connectivity index (χ0n) is 11.5. The van der Waals surface area contributed by atoms with Crippen molar-refractivity contribution in [1.82, 2.24) is 4.68 Å². The molecule has 2 nitrogen and oxygen atoms in total. The Bertz CT molecular complexity index is 326. The molecule has 0 aromatic carbocycles. The normalized spacial score (nSPS) is 24.9. The number of nitrogens with one attached hydrogen (secondary N) is 1. The van der Waals surface area contributed by atoms with Crippen molar-refractivity contribution in [2.75, 3.05) is 5.43 Å². The van der Waals surface area contributed by atoms with Crippen molar-refractivity contribution >= 4 is 0 Å². The third-order valence-electron chi connectivity index (χ3n) is 4.13. The molecule has 96 valence electrons. The van der Waals surface area contributed by atoms with Gasteiger partial charge >= 0.3 is 0 Å². The number of nitrogens with zero attached hydrogens (tertiary/aromatic N) is 1. The molecule has 0 bridgehead atoms. The van der Waals surface area contributed by atoms with Gasteiger partial charge in [-0.15, -0.1) is 0 Å². The topological polar surface area (TPSA) is 17.0 Å². The molecule has 0 radical (unpaired) electrons. The lowest BCUT2D eigenvalue weighted by Gasteiger charge is -2.30. The first-order chi connectivity index (χ1) is 8.20. The van der Waals surface area contributed by atoms with Crippen molar-refractivity contribution in [3.8, 4) is 0 Å². The molecule has 1 aliphatic rings. The Labute approximate surface area is 105 Å². The second-order valence-corrected chi connectivity index (χ2v) is 5.59. The number of aromatic nitrogens is 1. The maximum absolute atomic E-state index is 3.68. The second kappa shape index (κ2) is 5.61. The summed E-state index contributed by atoms with van der Waals surface area (Å²) >= 11 is 0. The zero-order chi connectivity index (χ0) is 12.3. The minimum absolute atomic E-state index is 0.674. The van der Waals surface area contributed by atoms with Gasteiger partial charge in [-0.05, 0) is 57.6 Å². The van der Waals surface area contributed by atoms with E-state index in [2.05, 4.69) is 43.0 Å². The van der Waals surface area contributed by atoms with Crippen LogP contribution in [-0.2, 0) is 0 Å². The highest BCUT2D eigenvalue weighted by Crippen LogP contribution is 2.28. The number of aryl methyl sites for hydroxylation is 2. The van der Waals surface area contributed by atoms with Crippen LogP contribution in [0.2, 0.25) is 0 Å². The summed E-state index contributed by atoms with van der Waals surface area (Å²) in [4.78, 5) is 0. The van der Waals surface area contributed by atoms with Gasteiger partial charge in [-0.1, -0.05) is 19.8 Å². The van der Waals surface area contributed by atoms with E-state index in [0.717, 1.165) is 5.92 Å². The average Bonchev–Trinajstić information content (AvgIpc) is 2.64. The summed E-state index contributed by atoms with van der Waals surface area (Å²) in [5.74, 6) is 0.991. The lowest BCUT2D eigenvalue weighted by molar-refractivity contribution is 0.309. The summed E-state index contributed by atoms with van der Waals surface area (Å²) < 4.78 is 2.25. The zero-order valence-corrected chi connectivity index (χ0v) is 11.5. The Morgan fingerprint density at radius 3 is 2.24 bits per heavy atom. The van der Waals surface area contributed by atoms with Crippen LogP contribution in [0.15, 0.2) is 12.1 Å². The Morgan fingerprint density at radius 2 is 1.71 bits per heavy atom. The minimum atomic E-state index is 0.674. The van der Waals surface area contributed by atoms with Crippen LogP contribution < -0.4 is 5.43 Å². The molecule has 2 rings (SSSR count). The summed E-state index contributed by atoms with van der Waals surface area (Å²) in [6, 6.07) is 5.05. The molecule has 0 saturated heterocycles. The average molecular weight is 234 g/mol. The maximum atomic E-state index is 3.68. The Balaban J connectivity index is 1.86. The molecule has 0 atom stereocenters. The Hall–Kier alpha value is -0.920. The van der Waals surface area contributed by atoms with E-state index in [4.69, 9.17) is 0 Å². The van der Waals surface area contributed by atoms with Crippen LogP contribution in [0, 0.1) is 19.8 Å². The highest BCUT2D eigenvalue weighted by atomic mass is 15.4. The molecular weight excluding hydrogens is 208 g/mol. The van der Waals surface area contributed by atoms with Gasteiger partial charge in [0.2, 0.25) is 0 Å². The SMILES string of the molecule is CCCC1CCC(Nn2c(C)ccc2C)CC1. The van der Waals surface area contributed by atoms with E-state index >= 15 is 0 Å². The van der Waals surface area contributed by atoms with Gasteiger partial charge in [0.05, 0.1) is 0 Å². The standard InChI is InChI=1S/C15H26N2/c1-4-5-14-8-10-15(11-9-14)16-17-12(2)6-7-13(17)3/h6-7,14-16H,4-5,8-11H2,1-3H3. The summed E-state index contributed by atoms with van der Waals surface area (Å²) in [7, 11) is 0. The molecular formula is C15H26N2. The third-order valence-corrected chi connectivity index (χ3v) is 4.13. The van der Waals surface area contributed by atoms with Crippen molar-refractivity contribution in [3.63, 3.8) is 0 Å². The Morgan fingerprint density at radius 1 is 1.12 bits per heavy atom. The molecule has 17 heavy (non-hydrogen) atoms. The van der Waals surface area contributed by atoms with Crippen molar-refractivity contribution in [1.29, 1.82) is 0 Å². The molecule has 2 heteroatoms. The highest BCUT2D eigenvalue weighted by Gasteiger charge is 2.20. The molecule has 0 aliphatic heterocycles. The van der Waals surface area contributed by atoms with Gasteiger partial charge in [-0.3, -0.25) is 4.68 Å². The van der Waals surface area contributed by atoms with E-state index in [-0.39, 0.29) is 0 Å². The maximum Gasteiger partial charge on any atom is 0.0424 e. The molecule has 0 spiro atoms. The first kappa shape index (κ1) is 12.5. The molecule has 1 fully saturated rings. The smallest absolute Gasteiger partial charge is 0.0424 e. The van der Waals surface area contributed by atoms with E-state index in [1.165, 1.54) is 49.9 Å². The largest absolute Gasteiger partial charge is 0.323 e. The molecule has 1 saturated carbocycles. The van der Waals surface area contributed by atoms with E-state index in [1.54, 1.807) is 0 Å². The fourth-order valence-corrected chi connectivity index (χ4v) is 3.04. The lowest BCUT2D eigenvalue weighted by atomic mass is 9.84. The quantitative estimate of drug-likeness (QED) is 0.833.